The molecule has 248 valence electrons. The quantitative estimate of drug-likeness (QED) is 0.145. The van der Waals surface area contributed by atoms with Crippen LogP contribution in [0.2, 0.25) is 34.8 Å². The van der Waals surface area contributed by atoms with Crippen molar-refractivity contribution in [3.05, 3.63) is 23.3 Å². The van der Waals surface area contributed by atoms with Crippen molar-refractivity contribution >= 4 is 16.6 Å². The average Bonchev–Trinajstić information content (AvgIpc) is 2.82. The van der Waals surface area contributed by atoms with Crippen LogP contribution in [0.5, 0.6) is 0 Å². The largest absolute Gasteiger partial charge is 0.413 e. The average molecular weight is 627 g/mol. The lowest BCUT2D eigenvalue weighted by Gasteiger charge is -2.48. The van der Waals surface area contributed by atoms with E-state index in [1.54, 1.807) is 0 Å². The van der Waals surface area contributed by atoms with E-state index in [1.807, 2.05) is 19.9 Å². The maximum Gasteiger partial charge on any atom is 0.200 e. The molecule has 1 heterocycles. The number of hydrogen-bond acceptors (Lipinski definition) is 5. The first kappa shape index (κ1) is 39.7. The second kappa shape index (κ2) is 15.8. The molecule has 5 atom stereocenters. The number of aliphatic hydroxyl groups is 1. The van der Waals surface area contributed by atoms with Gasteiger partial charge in [0.25, 0.3) is 0 Å². The normalized spacial score (nSPS) is 23.5. The summed E-state index contributed by atoms with van der Waals surface area (Å²) in [5.41, 5.74) is 4.11. The minimum atomic E-state index is -2.07. The van der Waals surface area contributed by atoms with Gasteiger partial charge in [0.1, 0.15) is 0 Å². The van der Waals surface area contributed by atoms with Crippen LogP contribution >= 0.6 is 0 Å². The Bertz CT molecular complexity index is 863. The predicted molar refractivity (Wildman–Crippen MR) is 185 cm³/mol. The zero-order valence-corrected chi connectivity index (χ0v) is 32.7. The molecule has 1 N–H and O–H groups in total. The highest BCUT2D eigenvalue weighted by Crippen LogP contribution is 2.44. The van der Waals surface area contributed by atoms with Crippen LogP contribution in [0.3, 0.4) is 0 Å². The van der Waals surface area contributed by atoms with E-state index in [0.29, 0.717) is 29.8 Å². The van der Waals surface area contributed by atoms with Crippen LogP contribution in [-0.2, 0) is 18.3 Å². The molecule has 1 aliphatic rings. The highest BCUT2D eigenvalue weighted by atomic mass is 28.4. The lowest BCUT2D eigenvalue weighted by molar-refractivity contribution is -0.300. The van der Waals surface area contributed by atoms with Crippen LogP contribution in [0.4, 0.5) is 0 Å². The first-order chi connectivity index (χ1) is 19.0. The van der Waals surface area contributed by atoms with Crippen molar-refractivity contribution in [2.24, 2.45) is 17.8 Å². The topological polar surface area (TPSA) is 57.2 Å². The molecular formula is C35H70O5Si2. The van der Waals surface area contributed by atoms with Gasteiger partial charge in [-0.05, 0) is 74.8 Å². The van der Waals surface area contributed by atoms with E-state index >= 15 is 0 Å². The van der Waals surface area contributed by atoms with Crippen LogP contribution in [-0.4, -0.2) is 59.6 Å². The zero-order chi connectivity index (χ0) is 32.8. The third-order valence-electron chi connectivity index (χ3n) is 10.1. The van der Waals surface area contributed by atoms with Gasteiger partial charge >= 0.3 is 0 Å². The van der Waals surface area contributed by atoms with Crippen molar-refractivity contribution in [3.63, 3.8) is 0 Å². The second-order valence-electron chi connectivity index (χ2n) is 16.2. The number of ether oxygens (including phenoxy) is 2. The van der Waals surface area contributed by atoms with Crippen LogP contribution in [0, 0.1) is 17.8 Å². The fourth-order valence-corrected chi connectivity index (χ4v) is 13.9. The molecule has 0 aromatic carbocycles. The summed E-state index contributed by atoms with van der Waals surface area (Å²) in [6.45, 7) is 40.0. The molecule has 0 amide bonds. The number of rotatable bonds is 15. The van der Waals surface area contributed by atoms with Gasteiger partial charge in [-0.15, -0.1) is 0 Å². The number of aliphatic hydroxyl groups excluding tert-OH is 1. The third kappa shape index (κ3) is 10.4. The van der Waals surface area contributed by atoms with Crippen molar-refractivity contribution in [2.75, 3.05) is 19.8 Å². The highest BCUT2D eigenvalue weighted by Gasteiger charge is 2.47. The van der Waals surface area contributed by atoms with E-state index in [-0.39, 0.29) is 41.6 Å². The minimum Gasteiger partial charge on any atom is -0.413 e. The fraction of sp³-hybridized carbons (Fsp3) is 0.886. The SMILES string of the molecule is C/C(=C\[C@H]1COC(C)(C)O[C@@H]1[C@@H](C)[C@H](O[Si](C)(C)C(C)(C)C)[C@@H](C)C/C(C)=C/CO)CO[Si](C(C)C)(C(C)C)C(C)C. The van der Waals surface area contributed by atoms with Crippen LogP contribution in [0.1, 0.15) is 110 Å². The van der Waals surface area contributed by atoms with Crippen LogP contribution in [0.15, 0.2) is 23.3 Å². The Morgan fingerprint density at radius 3 is 1.93 bits per heavy atom. The molecule has 0 radical (unpaired) electrons. The maximum atomic E-state index is 9.51. The summed E-state index contributed by atoms with van der Waals surface area (Å²) in [6.07, 6.45) is 5.13. The second-order valence-corrected chi connectivity index (χ2v) is 26.4. The van der Waals surface area contributed by atoms with Crippen molar-refractivity contribution in [1.29, 1.82) is 0 Å². The zero-order valence-electron chi connectivity index (χ0n) is 30.7. The predicted octanol–water partition coefficient (Wildman–Crippen LogP) is 9.88. The molecule has 1 saturated heterocycles. The van der Waals surface area contributed by atoms with Gasteiger partial charge in [-0.2, -0.15) is 0 Å². The molecule has 0 unspecified atom stereocenters. The van der Waals surface area contributed by atoms with Gasteiger partial charge < -0.3 is 23.4 Å². The molecule has 42 heavy (non-hydrogen) atoms. The smallest absolute Gasteiger partial charge is 0.200 e. The van der Waals surface area contributed by atoms with E-state index in [2.05, 4.69) is 109 Å². The van der Waals surface area contributed by atoms with E-state index in [9.17, 15) is 5.11 Å². The lowest BCUT2D eigenvalue weighted by Crippen LogP contribution is -2.54. The van der Waals surface area contributed by atoms with Gasteiger partial charge in [0.2, 0.25) is 8.32 Å². The minimum absolute atomic E-state index is 0.0159. The van der Waals surface area contributed by atoms with Crippen molar-refractivity contribution < 1.29 is 23.4 Å². The number of allylic oxidation sites excluding steroid dienone is 1. The fourth-order valence-electron chi connectivity index (χ4n) is 6.94. The Balaban J connectivity index is 3.44. The molecule has 0 saturated carbocycles. The molecular weight excluding hydrogens is 557 g/mol. The van der Waals surface area contributed by atoms with E-state index in [1.165, 1.54) is 11.1 Å². The monoisotopic (exact) mass is 626 g/mol. The Morgan fingerprint density at radius 2 is 1.48 bits per heavy atom. The van der Waals surface area contributed by atoms with Gasteiger partial charge in [-0.25, -0.2) is 0 Å². The molecule has 0 bridgehead atoms. The molecule has 0 spiro atoms. The lowest BCUT2D eigenvalue weighted by atomic mass is 9.80. The molecule has 1 fully saturated rings. The standard InChI is InChI=1S/C35H70O5Si2/c1-24(2)42(25(3)4,26(5)6)38-22-28(8)21-31-23-37-35(14,15)39-33(31)30(10)32(29(9)20-27(7)18-19-36)40-41(16,17)34(11,12)13/h18,21,24-26,29-33,36H,19-20,22-23H2,1-17H3/b27-18+,28-21+/t29-,30-,31-,32+,33+/m0/s1. The summed E-state index contributed by atoms with van der Waals surface area (Å²) in [4.78, 5) is 0. The number of hydrogen-bond donors (Lipinski definition) is 1. The highest BCUT2D eigenvalue weighted by molar-refractivity contribution is 6.77. The van der Waals surface area contributed by atoms with Gasteiger partial charge in [0.05, 0.1) is 32.0 Å². The van der Waals surface area contributed by atoms with Gasteiger partial charge in [0, 0.05) is 11.8 Å². The van der Waals surface area contributed by atoms with Crippen molar-refractivity contribution in [3.8, 4) is 0 Å². The molecule has 0 aliphatic carbocycles. The summed E-state index contributed by atoms with van der Waals surface area (Å²) >= 11 is 0. The molecule has 1 aliphatic heterocycles. The Kier molecular flexibility index (Phi) is 15.0. The maximum absolute atomic E-state index is 9.51. The molecule has 1 rings (SSSR count). The first-order valence-corrected chi connectivity index (χ1v) is 21.6. The Morgan fingerprint density at radius 1 is 0.952 bits per heavy atom. The van der Waals surface area contributed by atoms with E-state index in [0.717, 1.165) is 6.42 Å². The van der Waals surface area contributed by atoms with Crippen LogP contribution < -0.4 is 0 Å². The van der Waals surface area contributed by atoms with Crippen LogP contribution in [0.25, 0.3) is 0 Å². The Hall–Kier alpha value is -0.286. The summed E-state index contributed by atoms with van der Waals surface area (Å²) in [6, 6.07) is 0. The summed E-state index contributed by atoms with van der Waals surface area (Å²) in [5.74, 6) is -0.128. The molecule has 0 aromatic rings. The van der Waals surface area contributed by atoms with Crippen molar-refractivity contribution in [2.45, 2.75) is 163 Å². The molecule has 5 nitrogen and oxygen atoms in total. The van der Waals surface area contributed by atoms with E-state index in [4.69, 9.17) is 18.3 Å². The molecule has 0 aromatic heterocycles. The molecule has 7 heteroatoms. The summed E-state index contributed by atoms with van der Waals surface area (Å²) in [5, 5.41) is 9.61. The Labute approximate surface area is 263 Å². The first-order valence-electron chi connectivity index (χ1n) is 16.6. The summed E-state index contributed by atoms with van der Waals surface area (Å²) < 4.78 is 27.2. The van der Waals surface area contributed by atoms with Crippen molar-refractivity contribution in [1.82, 2.24) is 0 Å². The van der Waals surface area contributed by atoms with Gasteiger partial charge in [-0.1, -0.05) is 99.5 Å². The summed E-state index contributed by atoms with van der Waals surface area (Å²) in [7, 11) is -4.03. The van der Waals surface area contributed by atoms with Gasteiger partial charge in [0.15, 0.2) is 14.1 Å². The third-order valence-corrected chi connectivity index (χ3v) is 20.7. The van der Waals surface area contributed by atoms with Gasteiger partial charge in [-0.3, -0.25) is 0 Å². The van der Waals surface area contributed by atoms with E-state index < -0.39 is 22.4 Å².